The van der Waals surface area contributed by atoms with Crippen molar-refractivity contribution in [1.29, 1.82) is 0 Å². The highest BCUT2D eigenvalue weighted by Crippen LogP contribution is 2.36. The molecule has 34 heavy (non-hydrogen) atoms. The Balaban J connectivity index is 1.45. The number of carbonyl (C=O) groups is 1. The molecule has 0 aliphatic rings. The number of H-pyrrole nitrogens is 1. The molecule has 1 atom stereocenters. The van der Waals surface area contributed by atoms with Crippen LogP contribution in [0.25, 0.3) is 21.1 Å². The second-order valence-electron chi connectivity index (χ2n) is 7.89. The molecule has 174 valence electrons. The summed E-state index contributed by atoms with van der Waals surface area (Å²) in [6, 6.07) is 12.4. The van der Waals surface area contributed by atoms with E-state index in [9.17, 15) is 4.79 Å². The standard InChI is InChI=1S/C25H24N4O3S2/c1-14-21-24(32-3)28-20(13-31-2)29-25(21)34-22(14)23(30)27-12-17(19-9-6-10-33-19)16-11-26-18-8-5-4-7-15(16)18/h4-11,17,26H,12-13H2,1-3H3,(H,27,30). The Bertz CT molecular complexity index is 1460. The molecule has 0 fully saturated rings. The number of carbonyl (C=O) groups excluding carboxylic acids is 1. The van der Waals surface area contributed by atoms with Gasteiger partial charge < -0.3 is 19.8 Å². The number of rotatable bonds is 8. The molecule has 0 saturated heterocycles. The number of hydrogen-bond donors (Lipinski definition) is 2. The number of nitrogens with one attached hydrogen (secondary N) is 2. The van der Waals surface area contributed by atoms with E-state index in [0.717, 1.165) is 16.5 Å². The van der Waals surface area contributed by atoms with Gasteiger partial charge in [-0.1, -0.05) is 24.3 Å². The van der Waals surface area contributed by atoms with E-state index in [1.807, 2.05) is 31.3 Å². The molecule has 7 nitrogen and oxygen atoms in total. The summed E-state index contributed by atoms with van der Waals surface area (Å²) in [6.45, 7) is 2.66. The lowest BCUT2D eigenvalue weighted by Crippen LogP contribution is -2.28. The second kappa shape index (κ2) is 9.54. The van der Waals surface area contributed by atoms with Crippen molar-refractivity contribution in [3.63, 3.8) is 0 Å². The maximum Gasteiger partial charge on any atom is 0.261 e. The van der Waals surface area contributed by atoms with Crippen LogP contribution in [0.15, 0.2) is 48.0 Å². The van der Waals surface area contributed by atoms with Gasteiger partial charge in [0.15, 0.2) is 5.82 Å². The number of amides is 1. The van der Waals surface area contributed by atoms with Gasteiger partial charge in [0, 0.05) is 41.5 Å². The minimum Gasteiger partial charge on any atom is -0.480 e. The number of aromatic amines is 1. The second-order valence-corrected chi connectivity index (χ2v) is 9.86. The van der Waals surface area contributed by atoms with E-state index >= 15 is 0 Å². The Labute approximate surface area is 204 Å². The Morgan fingerprint density at radius 1 is 1.18 bits per heavy atom. The van der Waals surface area contributed by atoms with Gasteiger partial charge in [0.1, 0.15) is 11.4 Å². The fraction of sp³-hybridized carbons (Fsp3) is 0.240. The lowest BCUT2D eigenvalue weighted by atomic mass is 9.96. The zero-order valence-corrected chi connectivity index (χ0v) is 20.7. The van der Waals surface area contributed by atoms with Gasteiger partial charge in [0.2, 0.25) is 5.88 Å². The number of aryl methyl sites for hydroxylation is 1. The molecule has 0 spiro atoms. The van der Waals surface area contributed by atoms with Crippen LogP contribution in [-0.2, 0) is 11.3 Å². The van der Waals surface area contributed by atoms with E-state index in [-0.39, 0.29) is 18.4 Å². The molecule has 4 heterocycles. The summed E-state index contributed by atoms with van der Waals surface area (Å²) in [7, 11) is 3.17. The van der Waals surface area contributed by atoms with Gasteiger partial charge in [-0.25, -0.2) is 4.98 Å². The molecule has 5 aromatic rings. The van der Waals surface area contributed by atoms with Crippen LogP contribution in [0.1, 0.15) is 37.4 Å². The molecule has 2 N–H and O–H groups in total. The average Bonchev–Trinajstić information content (AvgIpc) is 3.59. The number of methoxy groups -OCH3 is 2. The molecule has 1 amide bonds. The van der Waals surface area contributed by atoms with Crippen LogP contribution in [0.2, 0.25) is 0 Å². The van der Waals surface area contributed by atoms with Crippen LogP contribution < -0.4 is 10.1 Å². The fourth-order valence-electron chi connectivity index (χ4n) is 4.21. The molecule has 0 aliphatic heterocycles. The first kappa shape index (κ1) is 22.5. The van der Waals surface area contributed by atoms with Gasteiger partial charge >= 0.3 is 0 Å². The van der Waals surface area contributed by atoms with Crippen molar-refractivity contribution < 1.29 is 14.3 Å². The highest BCUT2D eigenvalue weighted by Gasteiger charge is 2.24. The third kappa shape index (κ3) is 4.06. The summed E-state index contributed by atoms with van der Waals surface area (Å²) in [5, 5.41) is 7.17. The number of fused-ring (bicyclic) bond motifs is 2. The molecule has 0 aliphatic carbocycles. The zero-order valence-electron chi connectivity index (χ0n) is 19.0. The minimum absolute atomic E-state index is 0.0393. The zero-order chi connectivity index (χ0) is 23.7. The highest BCUT2D eigenvalue weighted by molar-refractivity contribution is 7.20. The maximum absolute atomic E-state index is 13.3. The topological polar surface area (TPSA) is 89.1 Å². The van der Waals surface area contributed by atoms with Crippen molar-refractivity contribution in [2.24, 2.45) is 0 Å². The van der Waals surface area contributed by atoms with Gasteiger partial charge in [0.05, 0.1) is 17.4 Å². The number of thiophene rings is 2. The van der Waals surface area contributed by atoms with E-state index in [0.29, 0.717) is 28.0 Å². The predicted molar refractivity (Wildman–Crippen MR) is 136 cm³/mol. The van der Waals surface area contributed by atoms with Gasteiger partial charge in [-0.05, 0) is 35.6 Å². The monoisotopic (exact) mass is 492 g/mol. The molecule has 1 aromatic carbocycles. The molecular weight excluding hydrogens is 468 g/mol. The summed E-state index contributed by atoms with van der Waals surface area (Å²) < 4.78 is 10.7. The first-order valence-electron chi connectivity index (χ1n) is 10.8. The molecule has 1 unspecified atom stereocenters. The van der Waals surface area contributed by atoms with Crippen molar-refractivity contribution in [3.8, 4) is 5.88 Å². The van der Waals surface area contributed by atoms with Crippen molar-refractivity contribution in [1.82, 2.24) is 20.3 Å². The van der Waals surface area contributed by atoms with Crippen molar-refractivity contribution >= 4 is 49.7 Å². The third-order valence-corrected chi connectivity index (χ3v) is 8.00. The van der Waals surface area contributed by atoms with Gasteiger partial charge in [-0.2, -0.15) is 4.98 Å². The van der Waals surface area contributed by atoms with E-state index < -0.39 is 0 Å². The number of hydrogen-bond acceptors (Lipinski definition) is 7. The number of nitrogens with zero attached hydrogens (tertiary/aromatic N) is 2. The van der Waals surface area contributed by atoms with Crippen LogP contribution in [0.4, 0.5) is 0 Å². The van der Waals surface area contributed by atoms with E-state index in [1.54, 1.807) is 25.6 Å². The van der Waals surface area contributed by atoms with Crippen LogP contribution in [0.5, 0.6) is 5.88 Å². The Hall–Kier alpha value is -3.27. The van der Waals surface area contributed by atoms with Crippen molar-refractivity contribution in [2.45, 2.75) is 19.4 Å². The summed E-state index contributed by atoms with van der Waals surface area (Å²) in [5.41, 5.74) is 3.07. The fourth-order valence-corrected chi connectivity index (χ4v) is 6.17. The highest BCUT2D eigenvalue weighted by atomic mass is 32.1. The summed E-state index contributed by atoms with van der Waals surface area (Å²) >= 11 is 3.04. The summed E-state index contributed by atoms with van der Waals surface area (Å²) in [5.74, 6) is 0.895. The summed E-state index contributed by atoms with van der Waals surface area (Å²) in [4.78, 5) is 28.2. The molecule has 4 aromatic heterocycles. The normalized spacial score (nSPS) is 12.3. The number of para-hydroxylation sites is 1. The molecule has 0 radical (unpaired) electrons. The SMILES string of the molecule is COCc1nc(OC)c2c(C)c(C(=O)NCC(c3cccs3)c3c[nH]c4ccccc34)sc2n1. The van der Waals surface area contributed by atoms with Gasteiger partial charge in [0.25, 0.3) is 5.91 Å². The minimum atomic E-state index is -0.128. The molecule has 0 bridgehead atoms. The van der Waals surface area contributed by atoms with Gasteiger partial charge in [-0.15, -0.1) is 22.7 Å². The van der Waals surface area contributed by atoms with E-state index in [2.05, 4.69) is 43.8 Å². The van der Waals surface area contributed by atoms with Crippen LogP contribution in [0, 0.1) is 6.92 Å². The first-order chi connectivity index (χ1) is 16.6. The number of aromatic nitrogens is 3. The van der Waals surface area contributed by atoms with Crippen LogP contribution in [-0.4, -0.2) is 41.6 Å². The van der Waals surface area contributed by atoms with Crippen molar-refractivity contribution in [3.05, 3.63) is 74.7 Å². The summed E-state index contributed by atoms with van der Waals surface area (Å²) in [6.07, 6.45) is 2.05. The molecular formula is C25H24N4O3S2. The van der Waals surface area contributed by atoms with Crippen molar-refractivity contribution in [2.75, 3.05) is 20.8 Å². The first-order valence-corrected chi connectivity index (χ1v) is 12.5. The average molecular weight is 493 g/mol. The van der Waals surface area contributed by atoms with E-state index in [1.165, 1.54) is 27.2 Å². The lowest BCUT2D eigenvalue weighted by Gasteiger charge is -2.16. The van der Waals surface area contributed by atoms with E-state index in [4.69, 9.17) is 9.47 Å². The number of benzene rings is 1. The van der Waals surface area contributed by atoms with Crippen LogP contribution in [0.3, 0.4) is 0 Å². The molecule has 9 heteroatoms. The number of ether oxygens (including phenoxy) is 2. The molecule has 5 rings (SSSR count). The van der Waals surface area contributed by atoms with Crippen LogP contribution >= 0.6 is 22.7 Å². The Kier molecular flexibility index (Phi) is 6.32. The van der Waals surface area contributed by atoms with Gasteiger partial charge in [-0.3, -0.25) is 4.79 Å². The largest absolute Gasteiger partial charge is 0.480 e. The maximum atomic E-state index is 13.3. The third-order valence-electron chi connectivity index (χ3n) is 5.83. The quantitative estimate of drug-likeness (QED) is 0.308. The smallest absolute Gasteiger partial charge is 0.261 e. The predicted octanol–water partition coefficient (Wildman–Crippen LogP) is 5.26. The lowest BCUT2D eigenvalue weighted by molar-refractivity contribution is 0.0956. The molecule has 0 saturated carbocycles. The Morgan fingerprint density at radius 3 is 2.79 bits per heavy atom. The Morgan fingerprint density at radius 2 is 2.03 bits per heavy atom.